The SMILES string of the molecule is NCCn1c(COc2ccccc2)nc2cc3c(cc21)OCO3. The molecule has 0 saturated carbocycles. The van der Waals surface area contributed by atoms with Gasteiger partial charge in [0.15, 0.2) is 11.5 Å². The molecule has 0 unspecified atom stereocenters. The first-order valence-corrected chi connectivity index (χ1v) is 7.52. The van der Waals surface area contributed by atoms with Gasteiger partial charge >= 0.3 is 0 Å². The third-order valence-electron chi connectivity index (χ3n) is 3.79. The maximum Gasteiger partial charge on any atom is 0.231 e. The summed E-state index contributed by atoms with van der Waals surface area (Å²) in [5, 5.41) is 0. The van der Waals surface area contributed by atoms with E-state index in [1.54, 1.807) is 0 Å². The normalized spacial score (nSPS) is 12.7. The largest absolute Gasteiger partial charge is 0.486 e. The molecular formula is C17H17N3O3. The molecule has 2 heterocycles. The predicted molar refractivity (Wildman–Crippen MR) is 85.7 cm³/mol. The third-order valence-corrected chi connectivity index (χ3v) is 3.79. The average Bonchev–Trinajstić information content (AvgIpc) is 3.16. The third kappa shape index (κ3) is 2.57. The molecule has 23 heavy (non-hydrogen) atoms. The maximum absolute atomic E-state index is 5.82. The number of hydrogen-bond acceptors (Lipinski definition) is 5. The molecule has 6 nitrogen and oxygen atoms in total. The number of fused-ring (bicyclic) bond motifs is 2. The van der Waals surface area contributed by atoms with Crippen LogP contribution in [0.2, 0.25) is 0 Å². The van der Waals surface area contributed by atoms with E-state index < -0.39 is 0 Å². The van der Waals surface area contributed by atoms with Crippen LogP contribution < -0.4 is 19.9 Å². The highest BCUT2D eigenvalue weighted by Gasteiger charge is 2.19. The molecule has 0 amide bonds. The van der Waals surface area contributed by atoms with Gasteiger partial charge in [-0.25, -0.2) is 4.98 Å². The molecule has 6 heteroatoms. The standard InChI is InChI=1S/C17H17N3O3/c18-6-7-20-14-9-16-15(22-11-23-16)8-13(14)19-17(20)10-21-12-4-2-1-3-5-12/h1-5,8-9H,6-7,10-11,18H2. The fourth-order valence-electron chi connectivity index (χ4n) is 2.72. The summed E-state index contributed by atoms with van der Waals surface area (Å²) in [6.07, 6.45) is 0. The molecule has 1 aliphatic heterocycles. The first-order chi connectivity index (χ1) is 11.3. The summed E-state index contributed by atoms with van der Waals surface area (Å²) in [7, 11) is 0. The lowest BCUT2D eigenvalue weighted by Gasteiger charge is -2.09. The van der Waals surface area contributed by atoms with Crippen LogP contribution in [0, 0.1) is 0 Å². The zero-order chi connectivity index (χ0) is 15.6. The van der Waals surface area contributed by atoms with Gasteiger partial charge in [-0.15, -0.1) is 0 Å². The number of hydrogen-bond donors (Lipinski definition) is 1. The summed E-state index contributed by atoms with van der Waals surface area (Å²) in [6.45, 7) is 1.83. The van der Waals surface area contributed by atoms with Crippen LogP contribution in [0.5, 0.6) is 17.2 Å². The molecule has 0 radical (unpaired) electrons. The Labute approximate surface area is 133 Å². The molecule has 118 valence electrons. The van der Waals surface area contributed by atoms with Gasteiger partial charge in [-0.1, -0.05) is 18.2 Å². The van der Waals surface area contributed by atoms with Crippen LogP contribution in [0.3, 0.4) is 0 Å². The monoisotopic (exact) mass is 311 g/mol. The quantitative estimate of drug-likeness (QED) is 0.783. The Morgan fingerprint density at radius 1 is 1.13 bits per heavy atom. The highest BCUT2D eigenvalue weighted by atomic mass is 16.7. The highest BCUT2D eigenvalue weighted by molar-refractivity contribution is 5.81. The number of para-hydroxylation sites is 1. The lowest BCUT2D eigenvalue weighted by Crippen LogP contribution is -2.14. The molecule has 1 aromatic heterocycles. The highest BCUT2D eigenvalue weighted by Crippen LogP contribution is 2.36. The number of rotatable bonds is 5. The molecule has 2 N–H and O–H groups in total. The van der Waals surface area contributed by atoms with Crippen molar-refractivity contribution >= 4 is 11.0 Å². The summed E-state index contributed by atoms with van der Waals surface area (Å²) in [4.78, 5) is 4.67. The van der Waals surface area contributed by atoms with Crippen LogP contribution in [0.1, 0.15) is 5.82 Å². The van der Waals surface area contributed by atoms with Gasteiger partial charge in [0.25, 0.3) is 0 Å². The van der Waals surface area contributed by atoms with Crippen molar-refractivity contribution < 1.29 is 14.2 Å². The molecule has 0 fully saturated rings. The fourth-order valence-corrected chi connectivity index (χ4v) is 2.72. The zero-order valence-corrected chi connectivity index (χ0v) is 12.6. The van der Waals surface area contributed by atoms with E-state index >= 15 is 0 Å². The minimum atomic E-state index is 0.253. The summed E-state index contributed by atoms with van der Waals surface area (Å²) in [6, 6.07) is 13.5. The molecule has 4 rings (SSSR count). The molecular weight excluding hydrogens is 294 g/mol. The molecule has 0 aliphatic carbocycles. The van der Waals surface area contributed by atoms with Crippen molar-refractivity contribution in [2.75, 3.05) is 13.3 Å². The van der Waals surface area contributed by atoms with E-state index in [1.165, 1.54) is 0 Å². The van der Waals surface area contributed by atoms with Gasteiger partial charge in [0.2, 0.25) is 6.79 Å². The van der Waals surface area contributed by atoms with Gasteiger partial charge in [-0.3, -0.25) is 0 Å². The van der Waals surface area contributed by atoms with Crippen LogP contribution in [0.15, 0.2) is 42.5 Å². The van der Waals surface area contributed by atoms with Crippen molar-refractivity contribution in [3.05, 3.63) is 48.3 Å². The van der Waals surface area contributed by atoms with Crippen molar-refractivity contribution in [2.24, 2.45) is 5.73 Å². The number of ether oxygens (including phenoxy) is 3. The summed E-state index contributed by atoms with van der Waals surface area (Å²) < 4.78 is 18.8. The Balaban J connectivity index is 1.69. The van der Waals surface area contributed by atoms with E-state index in [0.717, 1.165) is 34.1 Å². The van der Waals surface area contributed by atoms with Gasteiger partial charge in [-0.2, -0.15) is 0 Å². The van der Waals surface area contributed by atoms with Crippen molar-refractivity contribution in [1.29, 1.82) is 0 Å². The first-order valence-electron chi connectivity index (χ1n) is 7.52. The minimum Gasteiger partial charge on any atom is -0.486 e. The summed E-state index contributed by atoms with van der Waals surface area (Å²) >= 11 is 0. The van der Waals surface area contributed by atoms with Crippen molar-refractivity contribution in [2.45, 2.75) is 13.2 Å². The van der Waals surface area contributed by atoms with Crippen LogP contribution in [-0.4, -0.2) is 22.9 Å². The van der Waals surface area contributed by atoms with Crippen LogP contribution in [0.4, 0.5) is 0 Å². The smallest absolute Gasteiger partial charge is 0.231 e. The summed E-state index contributed by atoms with van der Waals surface area (Å²) in [5.74, 6) is 3.11. The van der Waals surface area contributed by atoms with E-state index in [4.69, 9.17) is 19.9 Å². The molecule has 0 atom stereocenters. The second kappa shape index (κ2) is 5.81. The topological polar surface area (TPSA) is 71.5 Å². The maximum atomic E-state index is 5.82. The van der Waals surface area contributed by atoms with Gasteiger partial charge in [0.05, 0.1) is 11.0 Å². The average molecular weight is 311 g/mol. The van der Waals surface area contributed by atoms with E-state index in [9.17, 15) is 0 Å². The lowest BCUT2D eigenvalue weighted by molar-refractivity contribution is 0.174. The van der Waals surface area contributed by atoms with Gasteiger partial charge in [0.1, 0.15) is 18.2 Å². The number of aromatic nitrogens is 2. The number of nitrogens with zero attached hydrogens (tertiary/aromatic N) is 2. The second-order valence-corrected chi connectivity index (χ2v) is 5.26. The van der Waals surface area contributed by atoms with E-state index in [-0.39, 0.29) is 6.79 Å². The molecule has 0 saturated heterocycles. The minimum absolute atomic E-state index is 0.253. The van der Waals surface area contributed by atoms with Crippen molar-refractivity contribution in [3.8, 4) is 17.2 Å². The second-order valence-electron chi connectivity index (χ2n) is 5.26. The van der Waals surface area contributed by atoms with E-state index in [1.807, 2.05) is 42.5 Å². The molecule has 0 bridgehead atoms. The fraction of sp³-hybridized carbons (Fsp3) is 0.235. The number of nitrogens with two attached hydrogens (primary N) is 1. The zero-order valence-electron chi connectivity index (χ0n) is 12.6. The van der Waals surface area contributed by atoms with E-state index in [2.05, 4.69) is 9.55 Å². The Hall–Kier alpha value is -2.73. The van der Waals surface area contributed by atoms with Crippen molar-refractivity contribution in [1.82, 2.24) is 9.55 Å². The van der Waals surface area contributed by atoms with Crippen LogP contribution in [-0.2, 0) is 13.2 Å². The van der Waals surface area contributed by atoms with Crippen molar-refractivity contribution in [3.63, 3.8) is 0 Å². The van der Waals surface area contributed by atoms with Crippen LogP contribution in [0.25, 0.3) is 11.0 Å². The molecule has 3 aromatic rings. The molecule has 0 spiro atoms. The Morgan fingerprint density at radius 3 is 2.70 bits per heavy atom. The van der Waals surface area contributed by atoms with E-state index in [0.29, 0.717) is 19.7 Å². The predicted octanol–water partition coefficient (Wildman–Crippen LogP) is 2.30. The van der Waals surface area contributed by atoms with Gasteiger partial charge in [0, 0.05) is 25.2 Å². The molecule has 1 aliphatic rings. The number of benzene rings is 2. The summed E-state index contributed by atoms with van der Waals surface area (Å²) in [5.41, 5.74) is 7.59. The number of imidazole rings is 1. The first kappa shape index (κ1) is 13.9. The Kier molecular flexibility index (Phi) is 3.51. The van der Waals surface area contributed by atoms with Crippen LogP contribution >= 0.6 is 0 Å². The van der Waals surface area contributed by atoms with Gasteiger partial charge in [-0.05, 0) is 12.1 Å². The Morgan fingerprint density at radius 2 is 1.91 bits per heavy atom. The lowest BCUT2D eigenvalue weighted by atomic mass is 10.2. The Bertz CT molecular complexity index is 830. The molecule has 2 aromatic carbocycles. The van der Waals surface area contributed by atoms with Gasteiger partial charge < -0.3 is 24.5 Å².